The van der Waals surface area contributed by atoms with Gasteiger partial charge in [-0.05, 0) is 38.1 Å². The van der Waals surface area contributed by atoms with E-state index >= 15 is 0 Å². The average molecular weight is 294 g/mol. The second kappa shape index (κ2) is 7.85. The number of piperidine rings is 1. The number of anilines is 1. The van der Waals surface area contributed by atoms with Crippen LogP contribution in [0.5, 0.6) is 11.5 Å². The molecule has 1 aromatic rings. The van der Waals surface area contributed by atoms with Gasteiger partial charge in [-0.2, -0.15) is 0 Å². The molecule has 1 amide bonds. The first-order valence-corrected chi connectivity index (χ1v) is 7.07. The topological polar surface area (TPSA) is 68.8 Å². The summed E-state index contributed by atoms with van der Waals surface area (Å²) in [7, 11) is 3.14. The molecule has 1 aliphatic rings. The van der Waals surface area contributed by atoms with Gasteiger partial charge in [0.05, 0.1) is 26.0 Å². The predicted octanol–water partition coefficient (Wildman–Crippen LogP) is 1.41. The number of benzene rings is 1. The molecule has 1 fully saturated rings. The van der Waals surface area contributed by atoms with Crippen molar-refractivity contribution in [3.8, 4) is 11.5 Å². The lowest BCUT2D eigenvalue weighted by Crippen LogP contribution is -2.34. The second-order valence-electron chi connectivity index (χ2n) is 4.87. The SMILES string of the molecule is COc1ccc(OC)c(NC(=O)COC2CCNCC2)c1. The molecule has 1 heterocycles. The van der Waals surface area contributed by atoms with Gasteiger partial charge in [0.25, 0.3) is 0 Å². The molecule has 0 atom stereocenters. The summed E-state index contributed by atoms with van der Waals surface area (Å²) in [6, 6.07) is 5.25. The van der Waals surface area contributed by atoms with Crippen LogP contribution in [0.15, 0.2) is 18.2 Å². The molecule has 0 radical (unpaired) electrons. The molecule has 0 aliphatic carbocycles. The molecule has 116 valence electrons. The Kier molecular flexibility index (Phi) is 5.83. The fourth-order valence-corrected chi connectivity index (χ4v) is 2.25. The summed E-state index contributed by atoms with van der Waals surface area (Å²) in [5.74, 6) is 1.05. The Morgan fingerprint density at radius 1 is 1.29 bits per heavy atom. The van der Waals surface area contributed by atoms with E-state index in [1.165, 1.54) is 0 Å². The maximum atomic E-state index is 12.0. The first-order valence-electron chi connectivity index (χ1n) is 7.07. The number of carbonyl (C=O) groups excluding carboxylic acids is 1. The molecule has 6 heteroatoms. The van der Waals surface area contributed by atoms with Crippen molar-refractivity contribution < 1.29 is 19.0 Å². The number of carbonyl (C=O) groups is 1. The number of nitrogens with one attached hydrogen (secondary N) is 2. The van der Waals surface area contributed by atoms with E-state index in [-0.39, 0.29) is 18.6 Å². The van der Waals surface area contributed by atoms with Gasteiger partial charge in [0.1, 0.15) is 18.1 Å². The van der Waals surface area contributed by atoms with E-state index in [9.17, 15) is 4.79 Å². The summed E-state index contributed by atoms with van der Waals surface area (Å²) in [5, 5.41) is 6.05. The highest BCUT2D eigenvalue weighted by molar-refractivity contribution is 5.93. The lowest BCUT2D eigenvalue weighted by molar-refractivity contribution is -0.123. The normalized spacial score (nSPS) is 15.5. The Morgan fingerprint density at radius 3 is 2.71 bits per heavy atom. The number of ether oxygens (including phenoxy) is 3. The monoisotopic (exact) mass is 294 g/mol. The summed E-state index contributed by atoms with van der Waals surface area (Å²) in [5.41, 5.74) is 0.579. The van der Waals surface area contributed by atoms with Gasteiger partial charge in [0.15, 0.2) is 0 Å². The Bertz CT molecular complexity index is 473. The van der Waals surface area contributed by atoms with Crippen molar-refractivity contribution in [2.24, 2.45) is 0 Å². The maximum Gasteiger partial charge on any atom is 0.250 e. The van der Waals surface area contributed by atoms with Crippen molar-refractivity contribution in [1.82, 2.24) is 5.32 Å². The molecule has 1 aromatic carbocycles. The van der Waals surface area contributed by atoms with Gasteiger partial charge in [-0.15, -0.1) is 0 Å². The Hall–Kier alpha value is -1.79. The minimum absolute atomic E-state index is 0.0467. The van der Waals surface area contributed by atoms with Crippen LogP contribution >= 0.6 is 0 Å². The zero-order chi connectivity index (χ0) is 15.1. The summed E-state index contributed by atoms with van der Waals surface area (Å²) < 4.78 is 16.0. The van der Waals surface area contributed by atoms with E-state index in [0.29, 0.717) is 17.2 Å². The van der Waals surface area contributed by atoms with Crippen LogP contribution in [0.25, 0.3) is 0 Å². The largest absolute Gasteiger partial charge is 0.497 e. The van der Waals surface area contributed by atoms with Gasteiger partial charge in [0, 0.05) is 6.07 Å². The molecule has 2 rings (SSSR count). The van der Waals surface area contributed by atoms with Crippen molar-refractivity contribution in [2.75, 3.05) is 39.2 Å². The lowest BCUT2D eigenvalue weighted by Gasteiger charge is -2.22. The Morgan fingerprint density at radius 2 is 2.05 bits per heavy atom. The summed E-state index contributed by atoms with van der Waals surface area (Å²) in [6.07, 6.45) is 2.04. The molecule has 21 heavy (non-hydrogen) atoms. The van der Waals surface area contributed by atoms with Crippen molar-refractivity contribution >= 4 is 11.6 Å². The Balaban J connectivity index is 1.89. The number of hydrogen-bond donors (Lipinski definition) is 2. The number of hydrogen-bond acceptors (Lipinski definition) is 5. The van der Waals surface area contributed by atoms with Crippen LogP contribution in [-0.4, -0.2) is 45.9 Å². The van der Waals surface area contributed by atoms with Crippen LogP contribution < -0.4 is 20.1 Å². The summed E-state index contributed by atoms with van der Waals surface area (Å²) >= 11 is 0. The van der Waals surface area contributed by atoms with Crippen LogP contribution in [0.1, 0.15) is 12.8 Å². The molecule has 0 saturated carbocycles. The van der Waals surface area contributed by atoms with Crippen molar-refractivity contribution in [3.63, 3.8) is 0 Å². The van der Waals surface area contributed by atoms with Crippen LogP contribution in [0, 0.1) is 0 Å². The van der Waals surface area contributed by atoms with E-state index < -0.39 is 0 Å². The fraction of sp³-hybridized carbons (Fsp3) is 0.533. The zero-order valence-electron chi connectivity index (χ0n) is 12.5. The first-order chi connectivity index (χ1) is 10.2. The van der Waals surface area contributed by atoms with Gasteiger partial charge >= 0.3 is 0 Å². The average Bonchev–Trinajstić information content (AvgIpc) is 2.54. The van der Waals surface area contributed by atoms with Crippen LogP contribution in [0.4, 0.5) is 5.69 Å². The molecule has 2 N–H and O–H groups in total. The van der Waals surface area contributed by atoms with Crippen LogP contribution in [-0.2, 0) is 9.53 Å². The van der Waals surface area contributed by atoms with Gasteiger partial charge in [0.2, 0.25) is 5.91 Å². The minimum atomic E-state index is -0.194. The van der Waals surface area contributed by atoms with E-state index in [0.717, 1.165) is 25.9 Å². The van der Waals surface area contributed by atoms with Gasteiger partial charge < -0.3 is 24.8 Å². The third-order valence-corrected chi connectivity index (χ3v) is 3.42. The van der Waals surface area contributed by atoms with Crippen LogP contribution in [0.2, 0.25) is 0 Å². The van der Waals surface area contributed by atoms with E-state index in [1.807, 2.05) is 0 Å². The molecule has 0 aromatic heterocycles. The fourth-order valence-electron chi connectivity index (χ4n) is 2.25. The second-order valence-corrected chi connectivity index (χ2v) is 4.87. The van der Waals surface area contributed by atoms with E-state index in [2.05, 4.69) is 10.6 Å². The van der Waals surface area contributed by atoms with Crippen molar-refractivity contribution in [3.05, 3.63) is 18.2 Å². The van der Waals surface area contributed by atoms with E-state index in [1.54, 1.807) is 32.4 Å². The lowest BCUT2D eigenvalue weighted by atomic mass is 10.1. The minimum Gasteiger partial charge on any atom is -0.497 e. The molecule has 1 saturated heterocycles. The number of amides is 1. The molecule has 0 bridgehead atoms. The molecule has 0 spiro atoms. The molecular formula is C15H22N2O4. The smallest absolute Gasteiger partial charge is 0.250 e. The van der Waals surface area contributed by atoms with Gasteiger partial charge in [-0.3, -0.25) is 4.79 Å². The third-order valence-electron chi connectivity index (χ3n) is 3.42. The van der Waals surface area contributed by atoms with Crippen molar-refractivity contribution in [2.45, 2.75) is 18.9 Å². The molecule has 1 aliphatic heterocycles. The summed E-state index contributed by atoms with van der Waals surface area (Å²) in [6.45, 7) is 1.93. The first kappa shape index (κ1) is 15.6. The zero-order valence-corrected chi connectivity index (χ0v) is 12.5. The highest BCUT2D eigenvalue weighted by Gasteiger charge is 2.15. The summed E-state index contributed by atoms with van der Waals surface area (Å²) in [4.78, 5) is 12.0. The highest BCUT2D eigenvalue weighted by atomic mass is 16.5. The van der Waals surface area contributed by atoms with Crippen molar-refractivity contribution in [1.29, 1.82) is 0 Å². The third kappa shape index (κ3) is 4.61. The maximum absolute atomic E-state index is 12.0. The highest BCUT2D eigenvalue weighted by Crippen LogP contribution is 2.28. The molecular weight excluding hydrogens is 272 g/mol. The molecule has 0 unspecified atom stereocenters. The number of methoxy groups -OCH3 is 2. The number of rotatable bonds is 6. The molecule has 6 nitrogen and oxygen atoms in total. The predicted molar refractivity (Wildman–Crippen MR) is 80.0 cm³/mol. The standard InChI is InChI=1S/C15H22N2O4/c1-19-12-3-4-14(20-2)13(9-12)17-15(18)10-21-11-5-7-16-8-6-11/h3-4,9,11,16H,5-8,10H2,1-2H3,(H,17,18). The quantitative estimate of drug-likeness (QED) is 0.830. The van der Waals surface area contributed by atoms with E-state index in [4.69, 9.17) is 14.2 Å². The van der Waals surface area contributed by atoms with Gasteiger partial charge in [-0.25, -0.2) is 0 Å². The van der Waals surface area contributed by atoms with Gasteiger partial charge in [-0.1, -0.05) is 0 Å². The Labute approximate surface area is 124 Å². The van der Waals surface area contributed by atoms with Crippen LogP contribution in [0.3, 0.4) is 0 Å².